The minimum atomic E-state index is -6.59. The maximum Gasteiger partial charge on any atom is 0.569 e. The van der Waals surface area contributed by atoms with E-state index in [-0.39, 0.29) is 12.8 Å². The van der Waals surface area contributed by atoms with Crippen LogP contribution in [0.1, 0.15) is 12.8 Å². The van der Waals surface area contributed by atoms with Crippen molar-refractivity contribution >= 4 is 47.4 Å². The van der Waals surface area contributed by atoms with E-state index in [9.17, 15) is 52.6 Å². The van der Waals surface area contributed by atoms with Gasteiger partial charge in [0.15, 0.2) is 0 Å². The number of hydrogen-bond acceptors (Lipinski definition) is 16. The van der Waals surface area contributed by atoms with Crippen molar-refractivity contribution in [1.29, 1.82) is 0 Å². The average Bonchev–Trinajstić information content (AvgIpc) is 2.64. The second-order valence-corrected chi connectivity index (χ2v) is 11.6. The lowest BCUT2D eigenvalue weighted by Crippen LogP contribution is -1.98. The van der Waals surface area contributed by atoms with Crippen molar-refractivity contribution in [2.75, 3.05) is 13.2 Å². The first-order valence-electron chi connectivity index (χ1n) is 7.08. The zero-order chi connectivity index (χ0) is 26.9. The fourth-order valence-corrected chi connectivity index (χ4v) is 4.31. The van der Waals surface area contributed by atoms with Gasteiger partial charge in [-0.1, -0.05) is 0 Å². The van der Waals surface area contributed by atoms with Crippen LogP contribution in [0, 0.1) is 0 Å². The monoisotopic (exact) mass is 646 g/mol. The third-order valence-electron chi connectivity index (χ3n) is 1.88. The highest BCUT2D eigenvalue weighted by molar-refractivity contribution is 7.52. The number of unbranched alkanes of at least 4 members (excludes halogenated alkanes) is 1. The normalized spacial score (nSPS) is 22.9. The van der Waals surface area contributed by atoms with E-state index in [0.717, 1.165) is 0 Å². The maximum atomic E-state index is 13.3. The molecule has 0 aliphatic rings. The number of hydrogen-bond donors (Lipinski definition) is 2. The van der Waals surface area contributed by atoms with Gasteiger partial charge in [0.05, 0.1) is 13.2 Å². The van der Waals surface area contributed by atoms with Gasteiger partial charge in [0.2, 0.25) is 0 Å². The van der Waals surface area contributed by atoms with E-state index in [1.165, 1.54) is 0 Å². The predicted octanol–water partition coefficient (Wildman–Crippen LogP) is 6.04. The Labute approximate surface area is 183 Å². The summed E-state index contributed by atoms with van der Waals surface area (Å²) in [5, 5.41) is 0. The van der Waals surface area contributed by atoms with Crippen LogP contribution in [-0.2, 0) is 73.8 Å². The molecule has 30 heteroatoms. The minimum absolute atomic E-state index is 0.266. The molecule has 0 heterocycles. The van der Waals surface area contributed by atoms with Crippen LogP contribution in [0.4, 0.5) is 25.2 Å². The summed E-state index contributed by atoms with van der Waals surface area (Å²) in [4.78, 5) is 16.0. The second kappa shape index (κ2) is 13.9. The van der Waals surface area contributed by atoms with Crippen molar-refractivity contribution < 1.29 is 109 Å². The Hall–Kier alpha value is 0.480. The van der Waals surface area contributed by atoms with Gasteiger partial charge < -0.3 is 0 Å². The smallest absolute Gasteiger partial charge is 0.299 e. The van der Waals surface area contributed by atoms with Gasteiger partial charge in [0, 0.05) is 0 Å². The molecule has 18 nitrogen and oxygen atoms in total. The molecule has 0 radical (unpaired) electrons. The van der Waals surface area contributed by atoms with Crippen LogP contribution < -0.4 is 0 Å². The van der Waals surface area contributed by atoms with Crippen LogP contribution in [0.25, 0.3) is 0 Å². The summed E-state index contributed by atoms with van der Waals surface area (Å²) in [7, 11) is -36.8. The Bertz CT molecular complexity index is 930. The molecule has 34 heavy (non-hydrogen) atoms. The number of halogens is 6. The highest BCUT2D eigenvalue weighted by Crippen LogP contribution is 2.65. The van der Waals surface area contributed by atoms with Gasteiger partial charge in [-0.05, 0) is 12.8 Å². The SMILES string of the molecule is O=P(O)(F)OCCCCOP(=O)(F)OOP(=O)(F)OOP(=O)(F)OOP(=O)(F)OOP(=O)(O)F. The number of rotatable bonds is 19. The summed E-state index contributed by atoms with van der Waals surface area (Å²) < 4.78 is 171. The molecule has 6 unspecified atom stereocenters. The van der Waals surface area contributed by atoms with Crippen molar-refractivity contribution in [3.8, 4) is 0 Å². The maximum absolute atomic E-state index is 13.3. The molecular formula is C4H10F6O18P6. The van der Waals surface area contributed by atoms with E-state index in [4.69, 9.17) is 9.79 Å². The van der Waals surface area contributed by atoms with Crippen molar-refractivity contribution in [1.82, 2.24) is 0 Å². The van der Waals surface area contributed by atoms with Crippen LogP contribution in [0.5, 0.6) is 0 Å². The molecule has 0 fully saturated rings. The molecule has 0 spiro atoms. The fraction of sp³-hybridized carbons (Fsp3) is 1.00. The van der Waals surface area contributed by atoms with Crippen LogP contribution in [0.3, 0.4) is 0 Å². The Morgan fingerprint density at radius 2 is 0.735 bits per heavy atom. The average molecular weight is 646 g/mol. The molecule has 0 aromatic heterocycles. The largest absolute Gasteiger partial charge is 0.569 e. The minimum Gasteiger partial charge on any atom is -0.299 e. The van der Waals surface area contributed by atoms with E-state index in [2.05, 4.69) is 46.4 Å². The summed E-state index contributed by atoms with van der Waals surface area (Å²) in [5.74, 6) is 0. The van der Waals surface area contributed by atoms with E-state index in [0.29, 0.717) is 0 Å². The summed E-state index contributed by atoms with van der Waals surface area (Å²) in [5.41, 5.74) is 0. The molecule has 0 aliphatic heterocycles. The van der Waals surface area contributed by atoms with Crippen LogP contribution in [-0.4, -0.2) is 23.0 Å². The highest BCUT2D eigenvalue weighted by atomic mass is 31.2. The zero-order valence-electron chi connectivity index (χ0n) is 15.2. The third kappa shape index (κ3) is 20.7. The first kappa shape index (κ1) is 34.5. The third-order valence-corrected chi connectivity index (χ3v) is 5.37. The lowest BCUT2D eigenvalue weighted by atomic mass is 10.3. The van der Waals surface area contributed by atoms with Crippen molar-refractivity contribution in [2.45, 2.75) is 12.8 Å². The van der Waals surface area contributed by atoms with Crippen LogP contribution in [0.15, 0.2) is 0 Å². The lowest BCUT2D eigenvalue weighted by Gasteiger charge is -2.12. The molecule has 0 saturated heterocycles. The van der Waals surface area contributed by atoms with Crippen molar-refractivity contribution in [3.05, 3.63) is 0 Å². The van der Waals surface area contributed by atoms with Gasteiger partial charge >= 0.3 is 47.4 Å². The zero-order valence-corrected chi connectivity index (χ0v) is 20.6. The summed E-state index contributed by atoms with van der Waals surface area (Å²) in [6.45, 7) is -1.54. The molecule has 0 aromatic carbocycles. The molecule has 0 rings (SSSR count). The summed E-state index contributed by atoms with van der Waals surface area (Å²) in [6.07, 6.45) is -0.599. The van der Waals surface area contributed by atoms with E-state index in [1.807, 2.05) is 0 Å². The highest BCUT2D eigenvalue weighted by Gasteiger charge is 2.43. The summed E-state index contributed by atoms with van der Waals surface area (Å²) in [6, 6.07) is 0. The molecule has 0 bridgehead atoms. The Morgan fingerprint density at radius 1 is 0.441 bits per heavy atom. The molecule has 6 atom stereocenters. The Kier molecular flexibility index (Phi) is 14.1. The molecule has 206 valence electrons. The first-order valence-corrected chi connectivity index (χ1v) is 15.8. The molecule has 0 aliphatic carbocycles. The van der Waals surface area contributed by atoms with Gasteiger partial charge in [-0.15, -0.1) is 62.6 Å². The molecule has 2 N–H and O–H groups in total. The molecule has 0 aromatic rings. The van der Waals surface area contributed by atoms with Gasteiger partial charge in [-0.25, -0.2) is 27.4 Å². The summed E-state index contributed by atoms with van der Waals surface area (Å²) >= 11 is 0. The quantitative estimate of drug-likeness (QED) is 0.0534. The molecule has 0 saturated carbocycles. The predicted molar refractivity (Wildman–Crippen MR) is 86.5 cm³/mol. The fourth-order valence-electron chi connectivity index (χ4n) is 0.933. The molecular weight excluding hydrogens is 636 g/mol. The second-order valence-electron chi connectivity index (χ2n) is 4.60. The first-order chi connectivity index (χ1) is 15.0. The van der Waals surface area contributed by atoms with Gasteiger partial charge in [0.25, 0.3) is 0 Å². The van der Waals surface area contributed by atoms with E-state index in [1.54, 1.807) is 0 Å². The van der Waals surface area contributed by atoms with E-state index < -0.39 is 60.7 Å². The van der Waals surface area contributed by atoms with Gasteiger partial charge in [-0.2, -0.15) is 0 Å². The topological polar surface area (TPSA) is 235 Å². The van der Waals surface area contributed by atoms with Crippen LogP contribution in [0.2, 0.25) is 0 Å². The van der Waals surface area contributed by atoms with Crippen molar-refractivity contribution in [3.63, 3.8) is 0 Å². The molecule has 0 amide bonds. The standard InChI is InChI=1S/C4H10F6O18P6/c5-29(11,12)19-3-1-2-4-20-31(7,15)23-24-33(9,17)27-28-34(10,18)26-25-32(8,16)22-21-30(6,13)14/h1-4H2,(H,11,12)(H,13,14). The van der Waals surface area contributed by atoms with Crippen molar-refractivity contribution in [2.24, 2.45) is 0 Å². The van der Waals surface area contributed by atoms with Gasteiger partial charge in [-0.3, -0.25) is 18.8 Å². The Balaban J connectivity index is 4.42. The van der Waals surface area contributed by atoms with Gasteiger partial charge in [0.1, 0.15) is 0 Å². The Morgan fingerprint density at radius 3 is 1.06 bits per heavy atom. The van der Waals surface area contributed by atoms with E-state index >= 15 is 0 Å². The van der Waals surface area contributed by atoms with Crippen LogP contribution >= 0.6 is 47.4 Å². The lowest BCUT2D eigenvalue weighted by molar-refractivity contribution is -0.230.